The molecule has 0 aromatic heterocycles. The van der Waals surface area contributed by atoms with Crippen LogP contribution in [-0.2, 0) is 14.8 Å². The molecule has 2 aromatic rings. The van der Waals surface area contributed by atoms with E-state index in [1.54, 1.807) is 57.2 Å². The van der Waals surface area contributed by atoms with Crippen LogP contribution in [0, 0.1) is 6.92 Å². The second kappa shape index (κ2) is 7.35. The summed E-state index contributed by atoms with van der Waals surface area (Å²) in [5.41, 5.74) is 5.99. The number of carbonyl (C=O) groups excluding carboxylic acids is 1. The Balaban J connectivity index is 2.30. The van der Waals surface area contributed by atoms with E-state index < -0.39 is 21.5 Å². The van der Waals surface area contributed by atoms with Gasteiger partial charge in [-0.1, -0.05) is 6.07 Å². The van der Waals surface area contributed by atoms with Crippen molar-refractivity contribution in [1.29, 1.82) is 0 Å². The highest BCUT2D eigenvalue weighted by Crippen LogP contribution is 2.24. The second-order valence-corrected chi connectivity index (χ2v) is 8.14. The van der Waals surface area contributed by atoms with E-state index in [1.165, 1.54) is 13.2 Å². The summed E-state index contributed by atoms with van der Waals surface area (Å²) in [5.74, 6) is 0.214. The second-order valence-electron chi connectivity index (χ2n) is 6.49. The van der Waals surface area contributed by atoms with Crippen LogP contribution in [0.4, 0.5) is 11.4 Å². The fourth-order valence-electron chi connectivity index (χ4n) is 2.13. The molecule has 0 aliphatic heterocycles. The number of aryl methyl sites for hydroxylation is 1. The highest BCUT2D eigenvalue weighted by Gasteiger charge is 2.23. The van der Waals surface area contributed by atoms with Crippen LogP contribution in [0.5, 0.6) is 5.75 Å². The van der Waals surface area contributed by atoms with Gasteiger partial charge in [0.15, 0.2) is 0 Å². The monoisotopic (exact) mass is 377 g/mol. The number of ether oxygens (including phenoxy) is 1. The number of carbonyl (C=O) groups is 1. The molecule has 4 N–H and O–H groups in total. The van der Waals surface area contributed by atoms with Gasteiger partial charge in [0, 0.05) is 11.4 Å². The van der Waals surface area contributed by atoms with Gasteiger partial charge >= 0.3 is 0 Å². The van der Waals surface area contributed by atoms with Crippen molar-refractivity contribution in [3.8, 4) is 5.75 Å². The SMILES string of the molecule is COc1ccc(NS(=O)(=O)c2cc(NC(=O)C(C)(C)N)ccc2C)cc1. The molecule has 0 spiro atoms. The molecule has 0 heterocycles. The van der Waals surface area contributed by atoms with Gasteiger partial charge in [-0.15, -0.1) is 0 Å². The molecule has 0 atom stereocenters. The van der Waals surface area contributed by atoms with E-state index in [2.05, 4.69) is 10.0 Å². The summed E-state index contributed by atoms with van der Waals surface area (Å²) in [6.45, 7) is 4.82. The third kappa shape index (κ3) is 4.74. The number of anilines is 2. The van der Waals surface area contributed by atoms with Crippen molar-refractivity contribution in [1.82, 2.24) is 0 Å². The molecule has 2 aromatic carbocycles. The largest absolute Gasteiger partial charge is 0.497 e. The molecule has 0 unspecified atom stereocenters. The zero-order chi connectivity index (χ0) is 19.5. The molecule has 26 heavy (non-hydrogen) atoms. The van der Waals surface area contributed by atoms with Crippen LogP contribution in [0.3, 0.4) is 0 Å². The first kappa shape index (κ1) is 19.7. The molecule has 1 amide bonds. The maximum absolute atomic E-state index is 12.7. The Morgan fingerprint density at radius 3 is 2.19 bits per heavy atom. The zero-order valence-electron chi connectivity index (χ0n) is 15.2. The van der Waals surface area contributed by atoms with Crippen LogP contribution in [0.15, 0.2) is 47.4 Å². The molecule has 0 radical (unpaired) electrons. The number of benzene rings is 2. The number of hydrogen-bond acceptors (Lipinski definition) is 5. The third-order valence-corrected chi connectivity index (χ3v) is 5.19. The predicted octanol–water partition coefficient (Wildman–Crippen LogP) is 2.48. The molecule has 0 saturated heterocycles. The fourth-order valence-corrected chi connectivity index (χ4v) is 3.46. The number of sulfonamides is 1. The number of hydrogen-bond donors (Lipinski definition) is 3. The molecular formula is C18H23N3O4S. The van der Waals surface area contributed by atoms with Crippen LogP contribution in [0.25, 0.3) is 0 Å². The van der Waals surface area contributed by atoms with Crippen molar-refractivity contribution in [3.63, 3.8) is 0 Å². The first-order valence-electron chi connectivity index (χ1n) is 7.91. The standard InChI is InChI=1S/C18H23N3O4S/c1-12-5-6-14(20-17(22)18(2,3)19)11-16(12)26(23,24)21-13-7-9-15(25-4)10-8-13/h5-11,21H,19H2,1-4H3,(H,20,22). The maximum Gasteiger partial charge on any atom is 0.262 e. The van der Waals surface area contributed by atoms with Gasteiger partial charge < -0.3 is 15.8 Å². The van der Waals surface area contributed by atoms with Crippen molar-refractivity contribution in [2.45, 2.75) is 31.2 Å². The van der Waals surface area contributed by atoms with E-state index in [-0.39, 0.29) is 4.90 Å². The number of methoxy groups -OCH3 is 1. The van der Waals surface area contributed by atoms with E-state index in [4.69, 9.17) is 10.5 Å². The molecule has 0 aliphatic rings. The Morgan fingerprint density at radius 2 is 1.65 bits per heavy atom. The fraction of sp³-hybridized carbons (Fsp3) is 0.278. The lowest BCUT2D eigenvalue weighted by molar-refractivity contribution is -0.120. The first-order valence-corrected chi connectivity index (χ1v) is 9.39. The number of amides is 1. The Labute approximate surface area is 153 Å². The Kier molecular flexibility index (Phi) is 5.58. The number of rotatable bonds is 6. The van der Waals surface area contributed by atoms with Gasteiger partial charge in [-0.05, 0) is 62.7 Å². The van der Waals surface area contributed by atoms with Crippen LogP contribution in [-0.4, -0.2) is 27.0 Å². The highest BCUT2D eigenvalue weighted by molar-refractivity contribution is 7.92. The van der Waals surface area contributed by atoms with E-state index in [1.807, 2.05) is 0 Å². The Morgan fingerprint density at radius 1 is 1.08 bits per heavy atom. The predicted molar refractivity (Wildman–Crippen MR) is 102 cm³/mol. The number of nitrogens with one attached hydrogen (secondary N) is 2. The molecule has 7 nitrogen and oxygen atoms in total. The third-order valence-electron chi connectivity index (χ3n) is 3.66. The summed E-state index contributed by atoms with van der Waals surface area (Å²) in [7, 11) is -2.30. The lowest BCUT2D eigenvalue weighted by Crippen LogP contribution is -2.45. The van der Waals surface area contributed by atoms with E-state index in [9.17, 15) is 13.2 Å². The van der Waals surface area contributed by atoms with E-state index >= 15 is 0 Å². The minimum absolute atomic E-state index is 0.0703. The van der Waals surface area contributed by atoms with Gasteiger partial charge in [0.2, 0.25) is 5.91 Å². The van der Waals surface area contributed by atoms with Crippen molar-refractivity contribution in [2.24, 2.45) is 5.73 Å². The summed E-state index contributed by atoms with van der Waals surface area (Å²) in [6, 6.07) is 11.2. The lowest BCUT2D eigenvalue weighted by Gasteiger charge is -2.18. The average molecular weight is 377 g/mol. The van der Waals surface area contributed by atoms with Gasteiger partial charge in [0.1, 0.15) is 5.75 Å². The highest BCUT2D eigenvalue weighted by atomic mass is 32.2. The molecule has 2 rings (SSSR count). The van der Waals surface area contributed by atoms with Crippen LogP contribution in [0.2, 0.25) is 0 Å². The summed E-state index contributed by atoms with van der Waals surface area (Å²) in [6.07, 6.45) is 0. The number of nitrogens with two attached hydrogens (primary N) is 1. The Hall–Kier alpha value is -2.58. The summed E-state index contributed by atoms with van der Waals surface area (Å²) in [5, 5.41) is 2.63. The summed E-state index contributed by atoms with van der Waals surface area (Å²) < 4.78 is 33.0. The van der Waals surface area contributed by atoms with Crippen molar-refractivity contribution in [3.05, 3.63) is 48.0 Å². The van der Waals surface area contributed by atoms with Crippen molar-refractivity contribution >= 4 is 27.3 Å². The van der Waals surface area contributed by atoms with Crippen LogP contribution in [0.1, 0.15) is 19.4 Å². The zero-order valence-corrected chi connectivity index (χ0v) is 16.0. The molecule has 0 saturated carbocycles. The first-order chi connectivity index (χ1) is 12.0. The molecule has 0 aliphatic carbocycles. The topological polar surface area (TPSA) is 111 Å². The summed E-state index contributed by atoms with van der Waals surface area (Å²) >= 11 is 0. The quantitative estimate of drug-likeness (QED) is 0.716. The molecule has 0 bridgehead atoms. The molecular weight excluding hydrogens is 354 g/mol. The Bertz CT molecular complexity index is 901. The molecule has 8 heteroatoms. The maximum atomic E-state index is 12.7. The molecule has 140 valence electrons. The normalized spacial score (nSPS) is 11.7. The van der Waals surface area contributed by atoms with E-state index in [0.717, 1.165) is 0 Å². The van der Waals surface area contributed by atoms with Gasteiger partial charge in [0.25, 0.3) is 10.0 Å². The summed E-state index contributed by atoms with van der Waals surface area (Å²) in [4.78, 5) is 12.1. The van der Waals surface area contributed by atoms with Gasteiger partial charge in [0.05, 0.1) is 17.5 Å². The van der Waals surface area contributed by atoms with Crippen molar-refractivity contribution in [2.75, 3.05) is 17.1 Å². The van der Waals surface area contributed by atoms with Crippen molar-refractivity contribution < 1.29 is 17.9 Å². The van der Waals surface area contributed by atoms with Crippen LogP contribution < -0.4 is 20.5 Å². The minimum Gasteiger partial charge on any atom is -0.497 e. The van der Waals surface area contributed by atoms with Gasteiger partial charge in [-0.2, -0.15) is 0 Å². The van der Waals surface area contributed by atoms with E-state index in [0.29, 0.717) is 22.7 Å². The molecule has 0 fully saturated rings. The smallest absolute Gasteiger partial charge is 0.262 e. The lowest BCUT2D eigenvalue weighted by atomic mass is 10.1. The van der Waals surface area contributed by atoms with Gasteiger partial charge in [-0.25, -0.2) is 8.42 Å². The van der Waals surface area contributed by atoms with Crippen LogP contribution >= 0.6 is 0 Å². The van der Waals surface area contributed by atoms with Gasteiger partial charge in [-0.3, -0.25) is 9.52 Å². The minimum atomic E-state index is -3.83. The average Bonchev–Trinajstić information content (AvgIpc) is 2.56.